The van der Waals surface area contributed by atoms with Gasteiger partial charge in [0.05, 0.1) is 6.54 Å². The molecule has 0 radical (unpaired) electrons. The summed E-state index contributed by atoms with van der Waals surface area (Å²) < 4.78 is 10.8. The van der Waals surface area contributed by atoms with Crippen LogP contribution in [0.1, 0.15) is 31.7 Å². The maximum Gasteiger partial charge on any atom is 0.240 e. The second-order valence-corrected chi connectivity index (χ2v) is 5.61. The Morgan fingerprint density at radius 1 is 1.22 bits per heavy atom. The van der Waals surface area contributed by atoms with Gasteiger partial charge in [-0.15, -0.1) is 0 Å². The van der Waals surface area contributed by atoms with E-state index in [2.05, 4.69) is 37.1 Å². The Balaban J connectivity index is 1.51. The molecule has 124 valence electrons. The predicted molar refractivity (Wildman–Crippen MR) is 86.1 cm³/mol. The average molecular weight is 317 g/mol. The summed E-state index contributed by atoms with van der Waals surface area (Å²) in [6, 6.07) is 4.10. The molecule has 1 aliphatic heterocycles. The second-order valence-electron chi connectivity index (χ2n) is 5.61. The van der Waals surface area contributed by atoms with Gasteiger partial charge in [0, 0.05) is 50.9 Å². The Morgan fingerprint density at radius 2 is 1.96 bits per heavy atom. The Hall–Kier alpha value is -1.99. The van der Waals surface area contributed by atoms with Crippen LogP contribution in [0.15, 0.2) is 29.0 Å². The minimum atomic E-state index is -0.124. The molecular weight excluding hydrogens is 294 g/mol. The van der Waals surface area contributed by atoms with Crippen molar-refractivity contribution in [3.63, 3.8) is 0 Å². The van der Waals surface area contributed by atoms with Gasteiger partial charge >= 0.3 is 0 Å². The first-order chi connectivity index (χ1) is 11.3. The maximum atomic E-state index is 5.48. The van der Waals surface area contributed by atoms with Gasteiger partial charge in [-0.25, -0.2) is 0 Å². The average Bonchev–Trinajstić information content (AvgIpc) is 3.05. The fraction of sp³-hybridized carbons (Fsp3) is 0.562. The second kappa shape index (κ2) is 7.52. The third-order valence-corrected chi connectivity index (χ3v) is 4.02. The lowest BCUT2D eigenvalue weighted by Crippen LogP contribution is -2.46. The summed E-state index contributed by atoms with van der Waals surface area (Å²) in [6.07, 6.45) is 3.55. The lowest BCUT2D eigenvalue weighted by molar-refractivity contribution is 0.0683. The predicted octanol–water partition coefficient (Wildman–Crippen LogP) is 1.88. The van der Waals surface area contributed by atoms with E-state index in [4.69, 9.17) is 9.26 Å². The third-order valence-electron chi connectivity index (χ3n) is 4.02. The summed E-state index contributed by atoms with van der Waals surface area (Å²) >= 11 is 0. The fourth-order valence-electron chi connectivity index (χ4n) is 2.73. The number of pyridine rings is 1. The quantitative estimate of drug-likeness (QED) is 0.806. The fourth-order valence-corrected chi connectivity index (χ4v) is 2.73. The molecule has 0 aromatic carbocycles. The zero-order valence-electron chi connectivity index (χ0n) is 13.7. The summed E-state index contributed by atoms with van der Waals surface area (Å²) in [6.45, 7) is 9.15. The molecule has 0 unspecified atom stereocenters. The topological polar surface area (TPSA) is 67.5 Å². The van der Waals surface area contributed by atoms with Gasteiger partial charge in [-0.1, -0.05) is 5.16 Å². The van der Waals surface area contributed by atoms with Crippen molar-refractivity contribution in [3.8, 4) is 0 Å². The summed E-state index contributed by atoms with van der Waals surface area (Å²) in [5.74, 6) is 1.28. The summed E-state index contributed by atoms with van der Waals surface area (Å²) in [5.41, 5.74) is 1.23. The van der Waals surface area contributed by atoms with E-state index in [0.29, 0.717) is 24.9 Å². The molecule has 7 heteroatoms. The first-order valence-corrected chi connectivity index (χ1v) is 8.07. The SMILES string of the molecule is CCO[C@@H](C)c1noc(CN2CCN(c3ccncc3)CC2)n1. The van der Waals surface area contributed by atoms with E-state index in [1.54, 1.807) is 0 Å². The molecule has 3 rings (SSSR count). The van der Waals surface area contributed by atoms with Gasteiger partial charge in [0.15, 0.2) is 5.82 Å². The number of piperazine rings is 1. The molecule has 2 aromatic rings. The van der Waals surface area contributed by atoms with Gasteiger partial charge in [0.2, 0.25) is 5.89 Å². The van der Waals surface area contributed by atoms with E-state index in [0.717, 1.165) is 26.2 Å². The lowest BCUT2D eigenvalue weighted by Gasteiger charge is -2.35. The van der Waals surface area contributed by atoms with Gasteiger partial charge in [-0.3, -0.25) is 9.88 Å². The van der Waals surface area contributed by atoms with Crippen LogP contribution in [0.2, 0.25) is 0 Å². The van der Waals surface area contributed by atoms with E-state index in [1.165, 1.54) is 5.69 Å². The monoisotopic (exact) mass is 317 g/mol. The van der Waals surface area contributed by atoms with Crippen LogP contribution in [-0.2, 0) is 11.3 Å². The number of aromatic nitrogens is 3. The van der Waals surface area contributed by atoms with Crippen molar-refractivity contribution in [1.29, 1.82) is 0 Å². The summed E-state index contributed by atoms with van der Waals surface area (Å²) in [5, 5.41) is 4.01. The first kappa shape index (κ1) is 15.9. The Labute approximate surface area is 136 Å². The summed E-state index contributed by atoms with van der Waals surface area (Å²) in [4.78, 5) is 13.2. The van der Waals surface area contributed by atoms with Crippen molar-refractivity contribution < 1.29 is 9.26 Å². The Morgan fingerprint density at radius 3 is 2.65 bits per heavy atom. The van der Waals surface area contributed by atoms with Crippen LogP contribution < -0.4 is 4.90 Å². The van der Waals surface area contributed by atoms with Crippen molar-refractivity contribution >= 4 is 5.69 Å². The highest BCUT2D eigenvalue weighted by atomic mass is 16.5. The molecule has 1 fully saturated rings. The minimum Gasteiger partial charge on any atom is -0.371 e. The summed E-state index contributed by atoms with van der Waals surface area (Å²) in [7, 11) is 0. The van der Waals surface area contributed by atoms with E-state index in [1.807, 2.05) is 26.2 Å². The Kier molecular flexibility index (Phi) is 5.19. The molecule has 0 saturated carbocycles. The third kappa shape index (κ3) is 4.05. The number of nitrogens with zero attached hydrogens (tertiary/aromatic N) is 5. The number of hydrogen-bond acceptors (Lipinski definition) is 7. The van der Waals surface area contributed by atoms with Crippen LogP contribution in [-0.4, -0.2) is 52.8 Å². The number of hydrogen-bond donors (Lipinski definition) is 0. The standard InChI is InChI=1S/C16H23N5O2/c1-3-22-13(2)16-18-15(23-19-16)12-20-8-10-21(11-9-20)14-4-6-17-7-5-14/h4-7,13H,3,8-12H2,1-2H3/t13-/m0/s1. The molecule has 0 amide bonds. The smallest absolute Gasteiger partial charge is 0.240 e. The molecule has 0 bridgehead atoms. The maximum absolute atomic E-state index is 5.48. The van der Waals surface area contributed by atoms with E-state index < -0.39 is 0 Å². The molecule has 0 aliphatic carbocycles. The van der Waals surface area contributed by atoms with E-state index >= 15 is 0 Å². The number of ether oxygens (including phenoxy) is 1. The van der Waals surface area contributed by atoms with Crippen LogP contribution in [0.5, 0.6) is 0 Å². The minimum absolute atomic E-state index is 0.124. The molecule has 1 saturated heterocycles. The van der Waals surface area contributed by atoms with Crippen LogP contribution >= 0.6 is 0 Å². The van der Waals surface area contributed by atoms with Gasteiger partial charge in [-0.05, 0) is 26.0 Å². The van der Waals surface area contributed by atoms with Crippen molar-refractivity contribution in [3.05, 3.63) is 36.2 Å². The molecule has 0 spiro atoms. The van der Waals surface area contributed by atoms with Crippen molar-refractivity contribution in [2.45, 2.75) is 26.5 Å². The molecule has 3 heterocycles. The van der Waals surface area contributed by atoms with Crippen molar-refractivity contribution in [2.24, 2.45) is 0 Å². The molecule has 7 nitrogen and oxygen atoms in total. The van der Waals surface area contributed by atoms with E-state index in [-0.39, 0.29) is 6.10 Å². The molecule has 1 aliphatic rings. The van der Waals surface area contributed by atoms with Crippen LogP contribution in [0.3, 0.4) is 0 Å². The molecule has 0 N–H and O–H groups in total. The van der Waals surface area contributed by atoms with Gasteiger partial charge < -0.3 is 14.2 Å². The molecule has 23 heavy (non-hydrogen) atoms. The largest absolute Gasteiger partial charge is 0.371 e. The zero-order valence-corrected chi connectivity index (χ0v) is 13.7. The zero-order chi connectivity index (χ0) is 16.1. The van der Waals surface area contributed by atoms with Gasteiger partial charge in [0.25, 0.3) is 0 Å². The van der Waals surface area contributed by atoms with E-state index in [9.17, 15) is 0 Å². The highest BCUT2D eigenvalue weighted by Crippen LogP contribution is 2.17. The normalized spacial score (nSPS) is 17.4. The highest BCUT2D eigenvalue weighted by molar-refractivity contribution is 5.44. The number of anilines is 1. The van der Waals surface area contributed by atoms with Gasteiger partial charge in [-0.2, -0.15) is 4.98 Å². The molecule has 1 atom stereocenters. The lowest BCUT2D eigenvalue weighted by atomic mass is 10.2. The van der Waals surface area contributed by atoms with Crippen molar-refractivity contribution in [2.75, 3.05) is 37.7 Å². The molecule has 2 aromatic heterocycles. The Bertz CT molecular complexity index is 596. The van der Waals surface area contributed by atoms with Gasteiger partial charge in [0.1, 0.15) is 6.10 Å². The molecular formula is C16H23N5O2. The van der Waals surface area contributed by atoms with Crippen LogP contribution in [0.4, 0.5) is 5.69 Å². The first-order valence-electron chi connectivity index (χ1n) is 8.07. The van der Waals surface area contributed by atoms with Crippen LogP contribution in [0.25, 0.3) is 0 Å². The number of rotatable bonds is 6. The van der Waals surface area contributed by atoms with Crippen molar-refractivity contribution in [1.82, 2.24) is 20.0 Å². The highest BCUT2D eigenvalue weighted by Gasteiger charge is 2.20. The van der Waals surface area contributed by atoms with Crippen LogP contribution in [0, 0.1) is 0 Å².